The van der Waals surface area contributed by atoms with Crippen molar-refractivity contribution in [3.8, 4) is 0 Å². The van der Waals surface area contributed by atoms with E-state index in [0.29, 0.717) is 23.7 Å². The maximum Gasteiger partial charge on any atom is 0.255 e. The van der Waals surface area contributed by atoms with Gasteiger partial charge in [0.2, 0.25) is 5.91 Å². The summed E-state index contributed by atoms with van der Waals surface area (Å²) in [6.45, 7) is 2.33. The Morgan fingerprint density at radius 2 is 1.83 bits per heavy atom. The third kappa shape index (κ3) is 2.50. The van der Waals surface area contributed by atoms with E-state index in [9.17, 15) is 14.7 Å². The van der Waals surface area contributed by atoms with Crippen LogP contribution in [0, 0.1) is 0 Å². The smallest absolute Gasteiger partial charge is 0.255 e. The molecule has 0 spiro atoms. The quantitative estimate of drug-likeness (QED) is 0.856. The molecule has 0 unspecified atom stereocenters. The number of nitrogens with zero attached hydrogens (tertiary/aromatic N) is 2. The van der Waals surface area contributed by atoms with Crippen LogP contribution in [-0.4, -0.2) is 58.0 Å². The molecular formula is C18H23N3O3. The highest BCUT2D eigenvalue weighted by Crippen LogP contribution is 2.33. The average Bonchev–Trinajstić information content (AvgIpc) is 2.85. The standard InChI is InChI=1S/C18H23N3O3/c19-17(23)15-3-1-2-11-8-21(18(24)16(11)15)13-9-20(10-13)12-4-6-14(22)7-5-12/h1-3,12-14,22H,4-10H2,(H2,19,23)/t12-,14+. The highest BCUT2D eigenvalue weighted by molar-refractivity contribution is 6.09. The number of hydrogen-bond donors (Lipinski definition) is 2. The van der Waals surface area contributed by atoms with Gasteiger partial charge in [-0.05, 0) is 37.3 Å². The zero-order valence-corrected chi connectivity index (χ0v) is 13.6. The Bertz CT molecular complexity index is 676. The topological polar surface area (TPSA) is 86.9 Å². The van der Waals surface area contributed by atoms with Crippen LogP contribution in [0.5, 0.6) is 0 Å². The highest BCUT2D eigenvalue weighted by Gasteiger charge is 2.42. The molecule has 3 N–H and O–H groups in total. The number of primary amides is 1. The van der Waals surface area contributed by atoms with Crippen LogP contribution < -0.4 is 5.73 Å². The fourth-order valence-electron chi connectivity index (χ4n) is 4.29. The van der Waals surface area contributed by atoms with E-state index in [0.717, 1.165) is 44.3 Å². The molecule has 24 heavy (non-hydrogen) atoms. The Balaban J connectivity index is 1.42. The lowest BCUT2D eigenvalue weighted by Gasteiger charge is -2.49. The summed E-state index contributed by atoms with van der Waals surface area (Å²) in [5.41, 5.74) is 7.13. The summed E-state index contributed by atoms with van der Waals surface area (Å²) in [4.78, 5) is 28.6. The SMILES string of the molecule is NC(=O)c1cccc2c1C(=O)N(C1CN([C@H]3CC[C@@H](O)CC3)C1)C2. The molecule has 1 aromatic carbocycles. The minimum Gasteiger partial charge on any atom is -0.393 e. The summed E-state index contributed by atoms with van der Waals surface area (Å²) in [6, 6.07) is 6.06. The Morgan fingerprint density at radius 3 is 2.50 bits per heavy atom. The van der Waals surface area contributed by atoms with Gasteiger partial charge in [-0.3, -0.25) is 14.5 Å². The van der Waals surface area contributed by atoms with E-state index in [1.165, 1.54) is 0 Å². The summed E-state index contributed by atoms with van der Waals surface area (Å²) in [6.07, 6.45) is 3.69. The van der Waals surface area contributed by atoms with E-state index in [1.54, 1.807) is 12.1 Å². The van der Waals surface area contributed by atoms with Crippen molar-refractivity contribution in [1.82, 2.24) is 9.80 Å². The van der Waals surface area contributed by atoms with Crippen molar-refractivity contribution in [3.05, 3.63) is 34.9 Å². The molecular weight excluding hydrogens is 306 g/mol. The predicted octanol–water partition coefficient (Wildman–Crippen LogP) is 0.729. The zero-order chi connectivity index (χ0) is 16.8. The third-order valence-electron chi connectivity index (χ3n) is 5.75. The van der Waals surface area contributed by atoms with Crippen molar-refractivity contribution in [2.45, 2.75) is 50.4 Å². The van der Waals surface area contributed by atoms with Crippen LogP contribution in [0.2, 0.25) is 0 Å². The van der Waals surface area contributed by atoms with Crippen LogP contribution >= 0.6 is 0 Å². The summed E-state index contributed by atoms with van der Waals surface area (Å²) in [5.74, 6) is -0.610. The van der Waals surface area contributed by atoms with Gasteiger partial charge in [-0.2, -0.15) is 0 Å². The Kier molecular flexibility index (Phi) is 3.81. The molecule has 0 radical (unpaired) electrons. The molecule has 1 aliphatic carbocycles. The van der Waals surface area contributed by atoms with E-state index in [1.807, 2.05) is 11.0 Å². The second-order valence-electron chi connectivity index (χ2n) is 7.21. The largest absolute Gasteiger partial charge is 0.393 e. The van der Waals surface area contributed by atoms with Gasteiger partial charge in [-0.1, -0.05) is 12.1 Å². The molecule has 1 saturated heterocycles. The van der Waals surface area contributed by atoms with Crippen LogP contribution in [0.15, 0.2) is 18.2 Å². The molecule has 0 atom stereocenters. The Labute approximate surface area is 141 Å². The number of fused-ring (bicyclic) bond motifs is 1. The number of nitrogens with two attached hydrogens (primary N) is 1. The average molecular weight is 329 g/mol. The first kappa shape index (κ1) is 15.6. The molecule has 0 bridgehead atoms. The number of amides is 2. The number of aliphatic hydroxyl groups is 1. The molecule has 3 aliphatic rings. The fourth-order valence-corrected chi connectivity index (χ4v) is 4.29. The van der Waals surface area contributed by atoms with Crippen LogP contribution in [0.25, 0.3) is 0 Å². The van der Waals surface area contributed by atoms with Gasteiger partial charge in [0.1, 0.15) is 0 Å². The van der Waals surface area contributed by atoms with E-state index in [2.05, 4.69) is 4.90 Å². The third-order valence-corrected chi connectivity index (χ3v) is 5.75. The van der Waals surface area contributed by atoms with Gasteiger partial charge >= 0.3 is 0 Å². The fraction of sp³-hybridized carbons (Fsp3) is 0.556. The van der Waals surface area contributed by atoms with Crippen molar-refractivity contribution in [2.24, 2.45) is 5.73 Å². The Morgan fingerprint density at radius 1 is 1.12 bits per heavy atom. The van der Waals surface area contributed by atoms with Crippen molar-refractivity contribution in [3.63, 3.8) is 0 Å². The van der Waals surface area contributed by atoms with Gasteiger partial charge in [0.25, 0.3) is 5.91 Å². The second kappa shape index (κ2) is 5.86. The van der Waals surface area contributed by atoms with Gasteiger partial charge in [0.05, 0.1) is 23.3 Å². The van der Waals surface area contributed by atoms with E-state index in [-0.39, 0.29) is 18.1 Å². The molecule has 6 heteroatoms. The number of carbonyl (C=O) groups excluding carboxylic acids is 2. The first-order valence-electron chi connectivity index (χ1n) is 8.69. The summed E-state index contributed by atoms with van der Waals surface area (Å²) < 4.78 is 0. The number of likely N-dealkylation sites (tertiary alicyclic amines) is 1. The van der Waals surface area contributed by atoms with Crippen LogP contribution in [-0.2, 0) is 6.54 Å². The molecule has 1 saturated carbocycles. The van der Waals surface area contributed by atoms with Crippen molar-refractivity contribution in [1.29, 1.82) is 0 Å². The number of rotatable bonds is 3. The second-order valence-corrected chi connectivity index (χ2v) is 7.21. The van der Waals surface area contributed by atoms with Gasteiger partial charge in [0, 0.05) is 25.7 Å². The van der Waals surface area contributed by atoms with Gasteiger partial charge in [0.15, 0.2) is 0 Å². The minimum atomic E-state index is -0.543. The van der Waals surface area contributed by atoms with E-state index in [4.69, 9.17) is 5.73 Å². The van der Waals surface area contributed by atoms with Crippen molar-refractivity contribution >= 4 is 11.8 Å². The monoisotopic (exact) mass is 329 g/mol. The molecule has 1 aromatic rings. The number of carbonyl (C=O) groups is 2. The maximum absolute atomic E-state index is 12.7. The first-order chi connectivity index (χ1) is 11.5. The van der Waals surface area contributed by atoms with Gasteiger partial charge in [-0.25, -0.2) is 0 Å². The van der Waals surface area contributed by atoms with Crippen LogP contribution in [0.1, 0.15) is 52.0 Å². The molecule has 6 nitrogen and oxygen atoms in total. The van der Waals surface area contributed by atoms with Crippen LogP contribution in [0.4, 0.5) is 0 Å². The predicted molar refractivity (Wildman–Crippen MR) is 88.5 cm³/mol. The molecule has 128 valence electrons. The lowest BCUT2D eigenvalue weighted by molar-refractivity contribution is -0.0131. The van der Waals surface area contributed by atoms with Crippen molar-refractivity contribution < 1.29 is 14.7 Å². The van der Waals surface area contributed by atoms with E-state index < -0.39 is 5.91 Å². The normalized spacial score (nSPS) is 27.9. The molecule has 2 aliphatic heterocycles. The first-order valence-corrected chi connectivity index (χ1v) is 8.69. The lowest BCUT2D eigenvalue weighted by atomic mass is 9.89. The zero-order valence-electron chi connectivity index (χ0n) is 13.6. The van der Waals surface area contributed by atoms with Gasteiger partial charge in [-0.15, -0.1) is 0 Å². The number of hydrogen-bond acceptors (Lipinski definition) is 4. The summed E-state index contributed by atoms with van der Waals surface area (Å²) in [5, 5.41) is 9.62. The van der Waals surface area contributed by atoms with Crippen LogP contribution in [0.3, 0.4) is 0 Å². The summed E-state index contributed by atoms with van der Waals surface area (Å²) >= 11 is 0. The minimum absolute atomic E-state index is 0.0666. The van der Waals surface area contributed by atoms with E-state index >= 15 is 0 Å². The highest BCUT2D eigenvalue weighted by atomic mass is 16.3. The number of aliphatic hydroxyl groups excluding tert-OH is 1. The summed E-state index contributed by atoms with van der Waals surface area (Å²) in [7, 11) is 0. The van der Waals surface area contributed by atoms with Crippen molar-refractivity contribution in [2.75, 3.05) is 13.1 Å². The molecule has 2 amide bonds. The molecule has 0 aromatic heterocycles. The molecule has 4 rings (SSSR count). The molecule has 2 heterocycles. The number of benzene rings is 1. The maximum atomic E-state index is 12.7. The van der Waals surface area contributed by atoms with Gasteiger partial charge < -0.3 is 15.7 Å². The molecule has 2 fully saturated rings. The Hall–Kier alpha value is -1.92. The lowest BCUT2D eigenvalue weighted by Crippen LogP contribution is -2.62.